The van der Waals surface area contributed by atoms with Gasteiger partial charge in [-0.3, -0.25) is 14.4 Å². The lowest BCUT2D eigenvalue weighted by Crippen LogP contribution is -2.36. The van der Waals surface area contributed by atoms with Crippen molar-refractivity contribution < 1.29 is 27.9 Å². The van der Waals surface area contributed by atoms with Gasteiger partial charge in [-0.05, 0) is 12.1 Å². The number of alkyl halides is 3. The van der Waals surface area contributed by atoms with E-state index in [9.17, 15) is 27.6 Å². The topological polar surface area (TPSA) is 79.6 Å². The van der Waals surface area contributed by atoms with Gasteiger partial charge in [0.2, 0.25) is 0 Å². The minimum Gasteiger partial charge on any atom is -0.481 e. The van der Waals surface area contributed by atoms with E-state index in [0.29, 0.717) is 0 Å². The fourth-order valence-electron chi connectivity index (χ4n) is 2.48. The molecule has 0 aromatic carbocycles. The molecule has 2 heterocycles. The second-order valence-corrected chi connectivity index (χ2v) is 5.14. The van der Waals surface area contributed by atoms with Crippen LogP contribution in [-0.2, 0) is 11.8 Å². The van der Waals surface area contributed by atoms with Crippen molar-refractivity contribution in [2.45, 2.75) is 6.18 Å². The molecule has 120 valence electrons. The standard InChI is InChI=1S/C13H13F3N2O4/c1-17-4-2-3-7(10(17)19)11(20)18-5-8(12(21)22)9(6-18)13(14,15)16/h2-4,8-9H,5-6H2,1H3,(H,21,22)/t8-,9-/m1/s1. The zero-order valence-corrected chi connectivity index (χ0v) is 11.5. The predicted molar refractivity (Wildman–Crippen MR) is 68.3 cm³/mol. The molecule has 0 aliphatic carbocycles. The van der Waals surface area contributed by atoms with Crippen LogP contribution in [0.2, 0.25) is 0 Å². The molecule has 1 fully saturated rings. The number of pyridine rings is 1. The lowest BCUT2D eigenvalue weighted by molar-refractivity contribution is -0.187. The molecular formula is C13H13F3N2O4. The van der Waals surface area contributed by atoms with Crippen LogP contribution in [0.5, 0.6) is 0 Å². The molecule has 1 amide bonds. The third-order valence-electron chi connectivity index (χ3n) is 3.70. The molecule has 1 N–H and O–H groups in total. The average molecular weight is 318 g/mol. The summed E-state index contributed by atoms with van der Waals surface area (Å²) in [5.41, 5.74) is -0.924. The number of carbonyl (C=O) groups is 2. The van der Waals surface area contributed by atoms with Gasteiger partial charge in [-0.1, -0.05) is 0 Å². The van der Waals surface area contributed by atoms with Gasteiger partial charge in [-0.2, -0.15) is 13.2 Å². The van der Waals surface area contributed by atoms with Gasteiger partial charge in [0, 0.05) is 26.3 Å². The van der Waals surface area contributed by atoms with E-state index in [2.05, 4.69) is 0 Å². The van der Waals surface area contributed by atoms with Gasteiger partial charge in [0.15, 0.2) is 0 Å². The summed E-state index contributed by atoms with van der Waals surface area (Å²) >= 11 is 0. The Labute approximate surface area is 122 Å². The smallest absolute Gasteiger partial charge is 0.394 e. The predicted octanol–water partition coefficient (Wildman–Crippen LogP) is 0.720. The molecule has 2 atom stereocenters. The Morgan fingerprint density at radius 2 is 1.95 bits per heavy atom. The molecule has 1 aromatic rings. The van der Waals surface area contributed by atoms with E-state index in [4.69, 9.17) is 5.11 Å². The fourth-order valence-corrected chi connectivity index (χ4v) is 2.48. The second-order valence-electron chi connectivity index (χ2n) is 5.14. The van der Waals surface area contributed by atoms with Crippen LogP contribution in [0.25, 0.3) is 0 Å². The van der Waals surface area contributed by atoms with Crippen molar-refractivity contribution in [1.82, 2.24) is 9.47 Å². The monoisotopic (exact) mass is 318 g/mol. The van der Waals surface area contributed by atoms with Crippen LogP contribution >= 0.6 is 0 Å². The Kier molecular flexibility index (Phi) is 3.99. The highest BCUT2D eigenvalue weighted by Crippen LogP contribution is 2.38. The van der Waals surface area contributed by atoms with Gasteiger partial charge in [-0.25, -0.2) is 0 Å². The van der Waals surface area contributed by atoms with Crippen molar-refractivity contribution in [1.29, 1.82) is 0 Å². The molecule has 1 aromatic heterocycles. The zero-order chi connectivity index (χ0) is 16.7. The number of carboxylic acids is 1. The zero-order valence-electron chi connectivity index (χ0n) is 11.5. The van der Waals surface area contributed by atoms with E-state index in [1.54, 1.807) is 0 Å². The van der Waals surface area contributed by atoms with Gasteiger partial charge in [-0.15, -0.1) is 0 Å². The van der Waals surface area contributed by atoms with E-state index in [-0.39, 0.29) is 5.56 Å². The molecular weight excluding hydrogens is 305 g/mol. The molecule has 0 spiro atoms. The first-order chi connectivity index (χ1) is 10.1. The van der Waals surface area contributed by atoms with Crippen molar-refractivity contribution in [2.75, 3.05) is 13.1 Å². The summed E-state index contributed by atoms with van der Waals surface area (Å²) in [4.78, 5) is 35.8. The third kappa shape index (κ3) is 2.83. The maximum atomic E-state index is 12.9. The molecule has 9 heteroatoms. The number of rotatable bonds is 2. The Bertz CT molecular complexity index is 668. The Hall–Kier alpha value is -2.32. The summed E-state index contributed by atoms with van der Waals surface area (Å²) in [6.45, 7) is -1.34. The Balaban J connectivity index is 2.31. The summed E-state index contributed by atoms with van der Waals surface area (Å²) in [5, 5.41) is 8.91. The first kappa shape index (κ1) is 16.1. The minimum atomic E-state index is -4.72. The number of aryl methyl sites for hydroxylation is 1. The Morgan fingerprint density at radius 3 is 2.45 bits per heavy atom. The summed E-state index contributed by atoms with van der Waals surface area (Å²) < 4.78 is 39.8. The molecule has 0 radical (unpaired) electrons. The van der Waals surface area contributed by atoms with Gasteiger partial charge < -0.3 is 14.6 Å². The molecule has 0 unspecified atom stereocenters. The lowest BCUT2D eigenvalue weighted by Gasteiger charge is -2.18. The number of hydrogen-bond donors (Lipinski definition) is 1. The molecule has 2 rings (SSSR count). The molecule has 0 saturated carbocycles. The maximum absolute atomic E-state index is 12.9. The second kappa shape index (κ2) is 5.47. The van der Waals surface area contributed by atoms with Crippen LogP contribution in [0.3, 0.4) is 0 Å². The molecule has 1 aliphatic rings. The van der Waals surface area contributed by atoms with Crippen molar-refractivity contribution >= 4 is 11.9 Å². The van der Waals surface area contributed by atoms with E-state index in [1.165, 1.54) is 25.4 Å². The SMILES string of the molecule is Cn1cccc(C(=O)N2C[C@@H](C(F)(F)F)[C@H](C(=O)O)C2)c1=O. The normalized spacial score (nSPS) is 21.9. The molecule has 0 bridgehead atoms. The number of aliphatic carboxylic acids is 1. The van der Waals surface area contributed by atoms with Crippen molar-refractivity contribution in [3.05, 3.63) is 34.2 Å². The van der Waals surface area contributed by atoms with Gasteiger partial charge in [0.1, 0.15) is 5.56 Å². The number of hydrogen-bond acceptors (Lipinski definition) is 3. The minimum absolute atomic E-state index is 0.281. The number of carboxylic acid groups (broad SMARTS) is 1. The maximum Gasteiger partial charge on any atom is 0.394 e. The van der Waals surface area contributed by atoms with Crippen molar-refractivity contribution in [3.8, 4) is 0 Å². The van der Waals surface area contributed by atoms with Crippen LogP contribution in [0.15, 0.2) is 23.1 Å². The number of halogens is 3. The summed E-state index contributed by atoms with van der Waals surface area (Å²) in [6.07, 6.45) is -3.32. The quantitative estimate of drug-likeness (QED) is 0.871. The average Bonchev–Trinajstić information content (AvgIpc) is 2.86. The number of carbonyl (C=O) groups excluding carboxylic acids is 1. The highest BCUT2D eigenvalue weighted by atomic mass is 19.4. The Morgan fingerprint density at radius 1 is 1.32 bits per heavy atom. The highest BCUT2D eigenvalue weighted by molar-refractivity contribution is 5.94. The molecule has 22 heavy (non-hydrogen) atoms. The third-order valence-corrected chi connectivity index (χ3v) is 3.70. The van der Waals surface area contributed by atoms with Gasteiger partial charge >= 0.3 is 12.1 Å². The molecule has 1 aliphatic heterocycles. The first-order valence-corrected chi connectivity index (χ1v) is 6.37. The van der Waals surface area contributed by atoms with E-state index < -0.39 is 48.5 Å². The number of aromatic nitrogens is 1. The largest absolute Gasteiger partial charge is 0.481 e. The number of nitrogens with zero attached hydrogens (tertiary/aromatic N) is 2. The highest BCUT2D eigenvalue weighted by Gasteiger charge is 2.53. The van der Waals surface area contributed by atoms with Crippen LogP contribution in [0.4, 0.5) is 13.2 Å². The number of likely N-dealkylation sites (tertiary alicyclic amines) is 1. The lowest BCUT2D eigenvalue weighted by atomic mass is 9.96. The van der Waals surface area contributed by atoms with Crippen LogP contribution in [-0.4, -0.2) is 45.7 Å². The van der Waals surface area contributed by atoms with Gasteiger partial charge in [0.25, 0.3) is 11.5 Å². The first-order valence-electron chi connectivity index (χ1n) is 6.37. The summed E-state index contributed by atoms with van der Waals surface area (Å²) in [7, 11) is 1.40. The number of amides is 1. The summed E-state index contributed by atoms with van der Waals surface area (Å²) in [6, 6.07) is 2.63. The van der Waals surface area contributed by atoms with Crippen LogP contribution in [0.1, 0.15) is 10.4 Å². The van der Waals surface area contributed by atoms with Crippen molar-refractivity contribution in [3.63, 3.8) is 0 Å². The van der Waals surface area contributed by atoms with Crippen LogP contribution < -0.4 is 5.56 Å². The van der Waals surface area contributed by atoms with Gasteiger partial charge in [0.05, 0.1) is 11.8 Å². The molecule has 1 saturated heterocycles. The molecule has 6 nitrogen and oxygen atoms in total. The van der Waals surface area contributed by atoms with E-state index >= 15 is 0 Å². The van der Waals surface area contributed by atoms with E-state index in [1.807, 2.05) is 0 Å². The van der Waals surface area contributed by atoms with Crippen molar-refractivity contribution in [2.24, 2.45) is 18.9 Å². The summed E-state index contributed by atoms with van der Waals surface area (Å²) in [5.74, 6) is -6.36. The van der Waals surface area contributed by atoms with Crippen LogP contribution in [0, 0.1) is 11.8 Å². The fraction of sp³-hybridized carbons (Fsp3) is 0.462. The van der Waals surface area contributed by atoms with E-state index in [0.717, 1.165) is 9.47 Å².